The topological polar surface area (TPSA) is 86.2 Å². The van der Waals surface area contributed by atoms with Crippen molar-refractivity contribution in [2.24, 2.45) is 5.73 Å². The molecule has 0 radical (unpaired) electrons. The first kappa shape index (κ1) is 7.81. The number of carbonyl (C=O) groups excluding carboxylic acids is 1. The number of hydrogen-bond acceptors (Lipinski definition) is 5. The van der Waals surface area contributed by atoms with E-state index in [1.54, 1.807) is 18.2 Å². The SMILES string of the molecule is NCC(=O)c1cccc2nnnn12. The van der Waals surface area contributed by atoms with Gasteiger partial charge in [-0.25, -0.2) is 0 Å². The van der Waals surface area contributed by atoms with Crippen LogP contribution in [0.1, 0.15) is 10.5 Å². The van der Waals surface area contributed by atoms with E-state index in [9.17, 15) is 4.79 Å². The second kappa shape index (κ2) is 2.91. The quantitative estimate of drug-likeness (QED) is 0.611. The summed E-state index contributed by atoms with van der Waals surface area (Å²) in [6.07, 6.45) is 0. The van der Waals surface area contributed by atoms with Crippen LogP contribution in [0.4, 0.5) is 0 Å². The molecule has 0 fully saturated rings. The molecule has 13 heavy (non-hydrogen) atoms. The maximum Gasteiger partial charge on any atom is 0.194 e. The lowest BCUT2D eigenvalue weighted by molar-refractivity contribution is 0.0994. The number of nitrogens with two attached hydrogens (primary N) is 1. The van der Waals surface area contributed by atoms with Crippen molar-refractivity contribution in [2.45, 2.75) is 0 Å². The monoisotopic (exact) mass is 177 g/mol. The van der Waals surface area contributed by atoms with E-state index >= 15 is 0 Å². The van der Waals surface area contributed by atoms with Crippen molar-refractivity contribution in [1.29, 1.82) is 0 Å². The van der Waals surface area contributed by atoms with Gasteiger partial charge in [-0.1, -0.05) is 6.07 Å². The summed E-state index contributed by atoms with van der Waals surface area (Å²) in [5.74, 6) is -0.182. The minimum absolute atomic E-state index is 0.0427. The third-order valence-electron chi connectivity index (χ3n) is 1.69. The van der Waals surface area contributed by atoms with Gasteiger partial charge in [0.05, 0.1) is 6.54 Å². The molecule has 6 nitrogen and oxygen atoms in total. The van der Waals surface area contributed by atoms with Gasteiger partial charge >= 0.3 is 0 Å². The predicted molar refractivity (Wildman–Crippen MR) is 44.2 cm³/mol. The minimum Gasteiger partial charge on any atom is -0.324 e. The van der Waals surface area contributed by atoms with Gasteiger partial charge in [0, 0.05) is 0 Å². The molecule has 0 unspecified atom stereocenters. The summed E-state index contributed by atoms with van der Waals surface area (Å²) in [4.78, 5) is 11.3. The molecule has 0 saturated carbocycles. The van der Waals surface area contributed by atoms with Crippen molar-refractivity contribution in [3.05, 3.63) is 23.9 Å². The minimum atomic E-state index is -0.182. The Labute approximate surface area is 73.3 Å². The molecule has 0 spiro atoms. The van der Waals surface area contributed by atoms with Crippen LogP contribution in [-0.2, 0) is 0 Å². The molecule has 0 atom stereocenters. The van der Waals surface area contributed by atoms with Crippen LogP contribution in [0.2, 0.25) is 0 Å². The van der Waals surface area contributed by atoms with Crippen LogP contribution in [0.15, 0.2) is 18.2 Å². The molecule has 2 aromatic rings. The van der Waals surface area contributed by atoms with Crippen molar-refractivity contribution >= 4 is 11.4 Å². The molecule has 0 aliphatic carbocycles. The molecule has 66 valence electrons. The molecule has 0 aliphatic rings. The van der Waals surface area contributed by atoms with Gasteiger partial charge in [0.25, 0.3) is 0 Å². The first-order valence-electron chi connectivity index (χ1n) is 3.73. The summed E-state index contributed by atoms with van der Waals surface area (Å²) in [7, 11) is 0. The Hall–Kier alpha value is -1.82. The lowest BCUT2D eigenvalue weighted by atomic mass is 10.2. The lowest BCUT2D eigenvalue weighted by Crippen LogP contribution is -2.17. The standard InChI is InChI=1S/C7H7N5O/c8-4-6(13)5-2-1-3-7-9-10-11-12(5)7/h1-3H,4,8H2. The Bertz CT molecular complexity index is 449. The number of aromatic nitrogens is 4. The Morgan fingerprint density at radius 3 is 3.15 bits per heavy atom. The number of ketones is 1. The average molecular weight is 177 g/mol. The second-order valence-electron chi connectivity index (χ2n) is 2.49. The fourth-order valence-corrected chi connectivity index (χ4v) is 1.08. The zero-order chi connectivity index (χ0) is 9.26. The number of Topliss-reactive ketones (excluding diaryl/α,β-unsaturated/α-hetero) is 1. The van der Waals surface area contributed by atoms with E-state index in [4.69, 9.17) is 5.73 Å². The van der Waals surface area contributed by atoms with Gasteiger partial charge in [0.1, 0.15) is 5.69 Å². The number of carbonyl (C=O) groups is 1. The molecule has 2 aromatic heterocycles. The Kier molecular flexibility index (Phi) is 1.75. The van der Waals surface area contributed by atoms with Crippen LogP contribution in [0.3, 0.4) is 0 Å². The fourth-order valence-electron chi connectivity index (χ4n) is 1.08. The highest BCUT2D eigenvalue weighted by Crippen LogP contribution is 2.02. The zero-order valence-electron chi connectivity index (χ0n) is 6.71. The highest BCUT2D eigenvalue weighted by atomic mass is 16.1. The summed E-state index contributed by atoms with van der Waals surface area (Å²) in [5.41, 5.74) is 6.18. The summed E-state index contributed by atoms with van der Waals surface area (Å²) < 4.78 is 1.37. The van der Waals surface area contributed by atoms with E-state index in [0.717, 1.165) is 0 Å². The lowest BCUT2D eigenvalue weighted by Gasteiger charge is -1.98. The zero-order valence-corrected chi connectivity index (χ0v) is 6.71. The number of hydrogen-bond donors (Lipinski definition) is 1. The highest BCUT2D eigenvalue weighted by Gasteiger charge is 2.09. The van der Waals surface area contributed by atoms with Crippen molar-refractivity contribution in [2.75, 3.05) is 6.54 Å². The third-order valence-corrected chi connectivity index (χ3v) is 1.69. The highest BCUT2D eigenvalue weighted by molar-refractivity contribution is 5.96. The van der Waals surface area contributed by atoms with Crippen LogP contribution in [0, 0.1) is 0 Å². The molecular weight excluding hydrogens is 170 g/mol. The first-order valence-corrected chi connectivity index (χ1v) is 3.73. The van der Waals surface area contributed by atoms with Crippen LogP contribution >= 0.6 is 0 Å². The molecule has 6 heteroatoms. The van der Waals surface area contributed by atoms with Crippen LogP contribution in [-0.4, -0.2) is 32.4 Å². The number of fused-ring (bicyclic) bond motifs is 1. The van der Waals surface area contributed by atoms with Gasteiger partial charge < -0.3 is 5.73 Å². The van der Waals surface area contributed by atoms with Crippen molar-refractivity contribution in [3.8, 4) is 0 Å². The Morgan fingerprint density at radius 1 is 1.54 bits per heavy atom. The van der Waals surface area contributed by atoms with Gasteiger partial charge in [-0.15, -0.1) is 5.10 Å². The van der Waals surface area contributed by atoms with Gasteiger partial charge in [0.2, 0.25) is 0 Å². The third kappa shape index (κ3) is 1.17. The maximum absolute atomic E-state index is 11.3. The average Bonchev–Trinajstić information content (AvgIpc) is 2.63. The predicted octanol–water partition coefficient (Wildman–Crippen LogP) is -0.734. The van der Waals surface area contributed by atoms with E-state index in [1.807, 2.05) is 0 Å². The Morgan fingerprint density at radius 2 is 2.38 bits per heavy atom. The first-order chi connectivity index (χ1) is 6.33. The van der Waals surface area contributed by atoms with E-state index < -0.39 is 0 Å². The van der Waals surface area contributed by atoms with Crippen molar-refractivity contribution < 1.29 is 4.79 Å². The smallest absolute Gasteiger partial charge is 0.194 e. The summed E-state index contributed by atoms with van der Waals surface area (Å²) >= 11 is 0. The van der Waals surface area contributed by atoms with Gasteiger partial charge in [-0.2, -0.15) is 4.52 Å². The number of pyridine rings is 1. The number of rotatable bonds is 2. The van der Waals surface area contributed by atoms with E-state index in [0.29, 0.717) is 11.3 Å². The van der Waals surface area contributed by atoms with Gasteiger partial charge in [-0.3, -0.25) is 4.79 Å². The molecule has 0 saturated heterocycles. The van der Waals surface area contributed by atoms with Crippen LogP contribution in [0.25, 0.3) is 5.65 Å². The molecule has 0 amide bonds. The molecule has 2 N–H and O–H groups in total. The number of nitrogens with zero attached hydrogens (tertiary/aromatic N) is 4. The number of tetrazole rings is 1. The summed E-state index contributed by atoms with van der Waals surface area (Å²) in [6, 6.07) is 5.07. The molecule has 2 rings (SSSR count). The van der Waals surface area contributed by atoms with E-state index in [-0.39, 0.29) is 12.3 Å². The largest absolute Gasteiger partial charge is 0.324 e. The normalized spacial score (nSPS) is 10.5. The molecule has 0 aromatic carbocycles. The second-order valence-corrected chi connectivity index (χ2v) is 2.49. The molecule has 0 bridgehead atoms. The van der Waals surface area contributed by atoms with Crippen molar-refractivity contribution in [1.82, 2.24) is 20.0 Å². The molecular formula is C7H7N5O. The van der Waals surface area contributed by atoms with E-state index in [2.05, 4.69) is 15.5 Å². The molecule has 2 heterocycles. The van der Waals surface area contributed by atoms with E-state index in [1.165, 1.54) is 4.52 Å². The Balaban J connectivity index is 2.67. The van der Waals surface area contributed by atoms with Gasteiger partial charge in [-0.05, 0) is 22.6 Å². The van der Waals surface area contributed by atoms with Crippen LogP contribution < -0.4 is 5.73 Å². The summed E-state index contributed by atoms with van der Waals surface area (Å²) in [6.45, 7) is -0.0427. The fraction of sp³-hybridized carbons (Fsp3) is 0.143. The van der Waals surface area contributed by atoms with Crippen LogP contribution in [0.5, 0.6) is 0 Å². The van der Waals surface area contributed by atoms with Gasteiger partial charge in [0.15, 0.2) is 11.4 Å². The summed E-state index contributed by atoms with van der Waals surface area (Å²) in [5, 5.41) is 10.8. The molecule has 0 aliphatic heterocycles. The van der Waals surface area contributed by atoms with Crippen molar-refractivity contribution in [3.63, 3.8) is 0 Å². The maximum atomic E-state index is 11.3.